The van der Waals surface area contributed by atoms with E-state index in [1.165, 1.54) is 32.2 Å². The van der Waals surface area contributed by atoms with Gasteiger partial charge in [-0.25, -0.2) is 4.39 Å². The Morgan fingerprint density at radius 3 is 2.64 bits per heavy atom. The van der Waals surface area contributed by atoms with E-state index in [4.69, 9.17) is 9.47 Å². The number of carbonyl (C=O) groups is 2. The first-order chi connectivity index (χ1) is 17.1. The van der Waals surface area contributed by atoms with Crippen LogP contribution in [0.5, 0.6) is 0 Å². The third-order valence-corrected chi connectivity index (χ3v) is 6.32. The van der Waals surface area contributed by atoms with E-state index in [1.807, 2.05) is 0 Å². The molecule has 1 aromatic carbocycles. The minimum atomic E-state index is -1.24. The quantitative estimate of drug-likeness (QED) is 0.593. The van der Waals surface area contributed by atoms with Gasteiger partial charge in [-0.15, -0.1) is 0 Å². The molecule has 36 heavy (non-hydrogen) atoms. The zero-order chi connectivity index (χ0) is 26.7. The Morgan fingerprint density at radius 2 is 2.00 bits per heavy atom. The van der Waals surface area contributed by atoms with Gasteiger partial charge in [0.15, 0.2) is 0 Å². The average Bonchev–Trinajstić information content (AvgIpc) is 2.82. The second-order valence-corrected chi connectivity index (χ2v) is 9.74. The number of aliphatic hydroxyl groups excluding tert-OH is 2. The van der Waals surface area contributed by atoms with E-state index in [0.29, 0.717) is 38.0 Å². The Bertz CT molecular complexity index is 864. The van der Waals surface area contributed by atoms with Gasteiger partial charge in [0.1, 0.15) is 24.1 Å². The van der Waals surface area contributed by atoms with E-state index >= 15 is 0 Å². The molecule has 0 spiro atoms. The van der Waals surface area contributed by atoms with E-state index in [-0.39, 0.29) is 49.3 Å². The lowest BCUT2D eigenvalue weighted by Gasteiger charge is -2.38. The predicted octanol–water partition coefficient (Wildman–Crippen LogP) is 2.48. The number of nitrogens with zero attached hydrogens (tertiary/aromatic N) is 2. The summed E-state index contributed by atoms with van der Waals surface area (Å²) < 4.78 is 24.5. The number of carbonyl (C=O) groups excluding carboxylic acids is 2. The molecule has 9 heteroatoms. The van der Waals surface area contributed by atoms with Crippen LogP contribution in [0.1, 0.15) is 45.6 Å². The van der Waals surface area contributed by atoms with Crippen molar-refractivity contribution >= 4 is 17.9 Å². The number of aliphatic hydroxyl groups is 2. The van der Waals surface area contributed by atoms with Gasteiger partial charge in [-0.05, 0) is 49.0 Å². The van der Waals surface area contributed by atoms with Crippen LogP contribution in [0.3, 0.4) is 0 Å². The van der Waals surface area contributed by atoms with Crippen molar-refractivity contribution in [3.63, 3.8) is 0 Å². The highest BCUT2D eigenvalue weighted by Gasteiger charge is 2.32. The minimum Gasteiger partial charge on any atom is -0.388 e. The van der Waals surface area contributed by atoms with Crippen LogP contribution in [0.2, 0.25) is 0 Å². The molecule has 0 aliphatic carbocycles. The number of benzene rings is 1. The van der Waals surface area contributed by atoms with E-state index < -0.39 is 18.3 Å². The number of methoxy groups -OCH3 is 1. The number of halogens is 1. The van der Waals surface area contributed by atoms with Crippen LogP contribution in [0.15, 0.2) is 30.3 Å². The maximum Gasteiger partial charge on any atom is 0.246 e. The van der Waals surface area contributed by atoms with E-state index in [9.17, 15) is 24.2 Å². The number of amides is 2. The smallest absolute Gasteiger partial charge is 0.246 e. The lowest BCUT2D eigenvalue weighted by Crippen LogP contribution is -2.53. The molecule has 1 aliphatic rings. The molecule has 1 aliphatic heterocycles. The van der Waals surface area contributed by atoms with Gasteiger partial charge in [0.25, 0.3) is 0 Å². The molecular formula is C27H41FN2O6. The van der Waals surface area contributed by atoms with Crippen LogP contribution in [0.25, 0.3) is 6.08 Å². The summed E-state index contributed by atoms with van der Waals surface area (Å²) in [7, 11) is 1.42. The summed E-state index contributed by atoms with van der Waals surface area (Å²) >= 11 is 0. The molecule has 1 heterocycles. The van der Waals surface area contributed by atoms with Crippen molar-refractivity contribution in [2.24, 2.45) is 5.92 Å². The lowest BCUT2D eigenvalue weighted by atomic mass is 10.00. The van der Waals surface area contributed by atoms with Gasteiger partial charge in [-0.1, -0.05) is 26.0 Å². The molecule has 4 atom stereocenters. The summed E-state index contributed by atoms with van der Waals surface area (Å²) in [6.07, 6.45) is 1.78. The molecule has 1 saturated heterocycles. The molecule has 0 bridgehead atoms. The Morgan fingerprint density at radius 1 is 1.25 bits per heavy atom. The summed E-state index contributed by atoms with van der Waals surface area (Å²) in [6.45, 7) is 6.63. The Balaban J connectivity index is 2.36. The third-order valence-electron chi connectivity index (χ3n) is 6.32. The van der Waals surface area contributed by atoms with Crippen LogP contribution in [0, 0.1) is 11.7 Å². The molecule has 2 N–H and O–H groups in total. The molecule has 202 valence electrons. The van der Waals surface area contributed by atoms with Gasteiger partial charge in [0, 0.05) is 52.4 Å². The summed E-state index contributed by atoms with van der Waals surface area (Å²) in [5.41, 5.74) is 0.583. The van der Waals surface area contributed by atoms with Crippen molar-refractivity contribution in [2.45, 2.75) is 64.4 Å². The molecule has 2 amide bonds. The normalized spacial score (nSPS) is 25.2. The fourth-order valence-electron chi connectivity index (χ4n) is 4.35. The molecule has 1 aromatic rings. The highest BCUT2D eigenvalue weighted by atomic mass is 19.1. The Hall–Kier alpha value is -2.33. The maximum absolute atomic E-state index is 13.6. The minimum absolute atomic E-state index is 0.0554. The number of ether oxygens (including phenoxy) is 2. The number of rotatable bonds is 5. The topological polar surface area (TPSA) is 99.5 Å². The molecule has 2 rings (SSSR count). The SMILES string of the molecule is CO[C@@H]1CN(C(C)=O)C[C@@H](CC(C)C)N(C(=O)/C=C/c2cccc(F)c2)CCCCOC[C@@H](O)[C@H]1O. The average molecular weight is 509 g/mol. The first-order valence-corrected chi connectivity index (χ1v) is 12.6. The zero-order valence-electron chi connectivity index (χ0n) is 21.8. The van der Waals surface area contributed by atoms with Crippen molar-refractivity contribution in [1.29, 1.82) is 0 Å². The highest BCUT2D eigenvalue weighted by molar-refractivity contribution is 5.92. The van der Waals surface area contributed by atoms with Crippen molar-refractivity contribution in [2.75, 3.05) is 40.0 Å². The highest BCUT2D eigenvalue weighted by Crippen LogP contribution is 2.18. The van der Waals surface area contributed by atoms with E-state index in [0.717, 1.165) is 0 Å². The second-order valence-electron chi connectivity index (χ2n) is 9.74. The van der Waals surface area contributed by atoms with Crippen LogP contribution in [-0.2, 0) is 19.1 Å². The molecule has 0 aromatic heterocycles. The second kappa shape index (κ2) is 15.0. The van der Waals surface area contributed by atoms with Gasteiger partial charge in [0.05, 0.1) is 6.61 Å². The summed E-state index contributed by atoms with van der Waals surface area (Å²) in [6, 6.07) is 5.73. The summed E-state index contributed by atoms with van der Waals surface area (Å²) in [5.74, 6) is -0.574. The fourth-order valence-corrected chi connectivity index (χ4v) is 4.35. The standard InChI is InChI=1S/C27H41FN2O6/c1-19(2)14-23-16-29(20(3)31)17-25(35-4)27(34)24(32)18-36-13-6-5-12-30(23)26(33)11-10-21-8-7-9-22(28)15-21/h7-11,15,19,23-25,27,32,34H,5-6,12-14,16-18H2,1-4H3/b11-10+/t23-,24-,25-,27-/m1/s1. The summed E-state index contributed by atoms with van der Waals surface area (Å²) in [4.78, 5) is 29.3. The van der Waals surface area contributed by atoms with E-state index in [1.54, 1.807) is 28.0 Å². The maximum atomic E-state index is 13.6. The largest absolute Gasteiger partial charge is 0.388 e. The lowest BCUT2D eigenvalue weighted by molar-refractivity contribution is -0.140. The Kier molecular flexibility index (Phi) is 12.5. The third kappa shape index (κ3) is 9.61. The first-order valence-electron chi connectivity index (χ1n) is 12.6. The van der Waals surface area contributed by atoms with Crippen LogP contribution >= 0.6 is 0 Å². The molecule has 0 radical (unpaired) electrons. The molecule has 1 fully saturated rings. The van der Waals surface area contributed by atoms with Crippen molar-refractivity contribution in [3.8, 4) is 0 Å². The van der Waals surface area contributed by atoms with E-state index in [2.05, 4.69) is 13.8 Å². The van der Waals surface area contributed by atoms with Gasteiger partial charge < -0.3 is 29.5 Å². The first kappa shape index (κ1) is 29.9. The van der Waals surface area contributed by atoms with Gasteiger partial charge >= 0.3 is 0 Å². The van der Waals surface area contributed by atoms with Crippen LogP contribution in [-0.4, -0.2) is 96.1 Å². The molecule has 0 unspecified atom stereocenters. The van der Waals surface area contributed by atoms with Gasteiger partial charge in [0.2, 0.25) is 11.8 Å². The number of hydrogen-bond acceptors (Lipinski definition) is 6. The van der Waals surface area contributed by atoms with Crippen molar-refractivity contribution < 1.29 is 33.7 Å². The zero-order valence-corrected chi connectivity index (χ0v) is 21.8. The van der Waals surface area contributed by atoms with Crippen LogP contribution in [0.4, 0.5) is 4.39 Å². The van der Waals surface area contributed by atoms with Crippen molar-refractivity contribution in [3.05, 3.63) is 41.7 Å². The monoisotopic (exact) mass is 508 g/mol. The van der Waals surface area contributed by atoms with Gasteiger partial charge in [-0.2, -0.15) is 0 Å². The number of hydrogen-bond donors (Lipinski definition) is 2. The van der Waals surface area contributed by atoms with Crippen molar-refractivity contribution in [1.82, 2.24) is 9.80 Å². The Labute approximate surface area is 213 Å². The van der Waals surface area contributed by atoms with Crippen LogP contribution < -0.4 is 0 Å². The summed E-state index contributed by atoms with van der Waals surface area (Å²) in [5, 5.41) is 20.9. The fraction of sp³-hybridized carbons (Fsp3) is 0.630. The molecular weight excluding hydrogens is 467 g/mol. The molecule has 0 saturated carbocycles. The predicted molar refractivity (Wildman–Crippen MR) is 136 cm³/mol. The van der Waals surface area contributed by atoms with Gasteiger partial charge in [-0.3, -0.25) is 9.59 Å². The molecule has 8 nitrogen and oxygen atoms in total.